The molecule has 0 saturated carbocycles. The molecule has 2 N–H and O–H groups in total. The molecule has 0 fully saturated rings. The Morgan fingerprint density at radius 2 is 1.93 bits per heavy atom. The Labute approximate surface area is 162 Å². The summed E-state index contributed by atoms with van der Waals surface area (Å²) >= 11 is 6.91. The summed E-state index contributed by atoms with van der Waals surface area (Å²) in [5.41, 5.74) is 3.32. The van der Waals surface area contributed by atoms with Gasteiger partial charge < -0.3 is 5.32 Å². The van der Waals surface area contributed by atoms with Crippen LogP contribution in [0.25, 0.3) is 10.9 Å². The molecule has 2 amide bonds. The van der Waals surface area contributed by atoms with Gasteiger partial charge >= 0.3 is 0 Å². The fraction of sp³-hybridized carbons (Fsp3) is 0.111. The molecule has 136 valence electrons. The van der Waals surface area contributed by atoms with Gasteiger partial charge in [0, 0.05) is 17.1 Å². The second kappa shape index (κ2) is 7.05. The molecule has 0 radical (unpaired) electrons. The van der Waals surface area contributed by atoms with Crippen molar-refractivity contribution in [3.8, 4) is 0 Å². The minimum atomic E-state index is -0.689. The largest absolute Gasteiger partial charge is 0.326 e. The molecular formula is C18H13ClN4O3S. The Balaban J connectivity index is 1.54. The Hall–Kier alpha value is -2.84. The molecular weight excluding hydrogens is 388 g/mol. The fourth-order valence-electron chi connectivity index (χ4n) is 2.70. The van der Waals surface area contributed by atoms with E-state index in [-0.39, 0.29) is 17.9 Å². The SMILES string of the molecule is O=C(C[C@H]1Sc2nc3ccccc3c(=O)n2NC1=O)Nc1ccc(Cl)cc1. The first kappa shape index (κ1) is 17.6. The summed E-state index contributed by atoms with van der Waals surface area (Å²) in [6.45, 7) is 0. The monoisotopic (exact) mass is 400 g/mol. The number of hydrogen-bond donors (Lipinski definition) is 2. The van der Waals surface area contributed by atoms with Crippen LogP contribution >= 0.6 is 23.4 Å². The smallest absolute Gasteiger partial charge is 0.281 e. The van der Waals surface area contributed by atoms with Gasteiger partial charge in [0.2, 0.25) is 5.91 Å². The number of carbonyl (C=O) groups excluding carboxylic acids is 2. The molecule has 27 heavy (non-hydrogen) atoms. The van der Waals surface area contributed by atoms with Gasteiger partial charge in [0.25, 0.3) is 11.5 Å². The van der Waals surface area contributed by atoms with E-state index in [4.69, 9.17) is 11.6 Å². The highest BCUT2D eigenvalue weighted by Crippen LogP contribution is 2.28. The lowest BCUT2D eigenvalue weighted by molar-refractivity contribution is -0.121. The summed E-state index contributed by atoms with van der Waals surface area (Å²) in [4.78, 5) is 41.6. The number of amides is 2. The number of fused-ring (bicyclic) bond motifs is 2. The number of nitrogens with one attached hydrogen (secondary N) is 2. The number of halogens is 1. The number of para-hydroxylation sites is 1. The third kappa shape index (κ3) is 3.54. The molecule has 0 saturated heterocycles. The quantitative estimate of drug-likeness (QED) is 0.659. The van der Waals surface area contributed by atoms with Crippen molar-refractivity contribution in [2.24, 2.45) is 0 Å². The Kier molecular flexibility index (Phi) is 4.59. The summed E-state index contributed by atoms with van der Waals surface area (Å²) in [6.07, 6.45) is -0.0537. The van der Waals surface area contributed by atoms with Crippen molar-refractivity contribution >= 4 is 51.8 Å². The van der Waals surface area contributed by atoms with E-state index in [1.54, 1.807) is 48.5 Å². The van der Waals surface area contributed by atoms with Gasteiger partial charge in [-0.15, -0.1) is 0 Å². The third-order valence-corrected chi connectivity index (χ3v) is 5.41. The topological polar surface area (TPSA) is 93.1 Å². The summed E-state index contributed by atoms with van der Waals surface area (Å²) in [5, 5.41) is 3.37. The van der Waals surface area contributed by atoms with E-state index in [0.29, 0.717) is 26.8 Å². The maximum absolute atomic E-state index is 12.5. The first-order valence-electron chi connectivity index (χ1n) is 8.06. The van der Waals surface area contributed by atoms with E-state index in [0.717, 1.165) is 16.4 Å². The van der Waals surface area contributed by atoms with Gasteiger partial charge in [-0.2, -0.15) is 4.68 Å². The number of hydrogen-bond acceptors (Lipinski definition) is 5. The molecule has 1 aliphatic rings. The van der Waals surface area contributed by atoms with Crippen molar-refractivity contribution in [2.45, 2.75) is 16.8 Å². The van der Waals surface area contributed by atoms with Crippen molar-refractivity contribution in [1.82, 2.24) is 9.66 Å². The van der Waals surface area contributed by atoms with Crippen LogP contribution in [-0.4, -0.2) is 26.7 Å². The molecule has 4 rings (SSSR count). The molecule has 1 aromatic heterocycles. The molecule has 3 aromatic rings. The van der Waals surface area contributed by atoms with Crippen molar-refractivity contribution in [1.29, 1.82) is 0 Å². The van der Waals surface area contributed by atoms with Gasteiger partial charge in [-0.25, -0.2) is 4.98 Å². The number of nitrogens with zero attached hydrogens (tertiary/aromatic N) is 2. The van der Waals surface area contributed by atoms with Gasteiger partial charge in [-0.1, -0.05) is 35.5 Å². The van der Waals surface area contributed by atoms with Crippen molar-refractivity contribution in [3.05, 3.63) is 63.9 Å². The van der Waals surface area contributed by atoms with E-state index in [9.17, 15) is 14.4 Å². The normalized spacial score (nSPS) is 15.9. The van der Waals surface area contributed by atoms with Gasteiger partial charge in [0.05, 0.1) is 10.9 Å². The lowest BCUT2D eigenvalue weighted by atomic mass is 10.2. The van der Waals surface area contributed by atoms with Crippen LogP contribution in [0.15, 0.2) is 58.5 Å². The third-order valence-electron chi connectivity index (χ3n) is 4.01. The summed E-state index contributed by atoms with van der Waals surface area (Å²) in [7, 11) is 0. The summed E-state index contributed by atoms with van der Waals surface area (Å²) in [6, 6.07) is 13.6. The van der Waals surface area contributed by atoms with Crippen LogP contribution in [0.4, 0.5) is 5.69 Å². The van der Waals surface area contributed by atoms with E-state index in [1.165, 1.54) is 0 Å². The molecule has 2 heterocycles. The average Bonchev–Trinajstić information content (AvgIpc) is 2.65. The molecule has 1 aliphatic heterocycles. The van der Waals surface area contributed by atoms with Crippen LogP contribution in [0, 0.1) is 0 Å². The molecule has 9 heteroatoms. The van der Waals surface area contributed by atoms with Crippen molar-refractivity contribution in [2.75, 3.05) is 10.7 Å². The van der Waals surface area contributed by atoms with E-state index < -0.39 is 11.2 Å². The molecule has 0 bridgehead atoms. The van der Waals surface area contributed by atoms with Gasteiger partial charge in [0.15, 0.2) is 5.16 Å². The van der Waals surface area contributed by atoms with Crippen molar-refractivity contribution < 1.29 is 9.59 Å². The zero-order valence-corrected chi connectivity index (χ0v) is 15.4. The lowest BCUT2D eigenvalue weighted by Gasteiger charge is -2.24. The highest BCUT2D eigenvalue weighted by molar-refractivity contribution is 8.00. The van der Waals surface area contributed by atoms with Crippen LogP contribution in [0.5, 0.6) is 0 Å². The zero-order chi connectivity index (χ0) is 19.0. The molecule has 2 aromatic carbocycles. The second-order valence-electron chi connectivity index (χ2n) is 5.89. The summed E-state index contributed by atoms with van der Waals surface area (Å²) < 4.78 is 1.13. The van der Waals surface area contributed by atoms with Crippen LogP contribution in [0.2, 0.25) is 5.02 Å². The van der Waals surface area contributed by atoms with Crippen LogP contribution in [-0.2, 0) is 9.59 Å². The highest BCUT2D eigenvalue weighted by Gasteiger charge is 2.31. The van der Waals surface area contributed by atoms with Crippen LogP contribution < -0.4 is 16.3 Å². The predicted octanol–water partition coefficient (Wildman–Crippen LogP) is 2.62. The molecule has 0 aliphatic carbocycles. The number of aromatic nitrogens is 2. The molecule has 7 nitrogen and oxygen atoms in total. The number of thioether (sulfide) groups is 1. The Bertz CT molecular complexity index is 1110. The Morgan fingerprint density at radius 1 is 1.19 bits per heavy atom. The first-order valence-corrected chi connectivity index (χ1v) is 9.32. The second-order valence-corrected chi connectivity index (χ2v) is 7.50. The van der Waals surface area contributed by atoms with Gasteiger partial charge in [-0.3, -0.25) is 19.8 Å². The number of benzene rings is 2. The minimum Gasteiger partial charge on any atom is -0.326 e. The standard InChI is InChI=1S/C18H13ClN4O3S/c19-10-5-7-11(8-6-10)20-15(24)9-14-16(25)22-23-17(26)12-3-1-2-4-13(12)21-18(23)27-14/h1-8,14H,9H2,(H,20,24)(H,22,25)/t14-/m1/s1. The molecule has 1 atom stereocenters. The fourth-order valence-corrected chi connectivity index (χ4v) is 3.86. The maximum Gasteiger partial charge on any atom is 0.281 e. The van der Waals surface area contributed by atoms with Gasteiger partial charge in [-0.05, 0) is 36.4 Å². The summed E-state index contributed by atoms with van der Waals surface area (Å²) in [5.74, 6) is -0.737. The van der Waals surface area contributed by atoms with Crippen LogP contribution in [0.3, 0.4) is 0 Å². The molecule has 0 unspecified atom stereocenters. The maximum atomic E-state index is 12.5. The molecule has 0 spiro atoms. The van der Waals surface area contributed by atoms with Crippen LogP contribution in [0.1, 0.15) is 6.42 Å². The van der Waals surface area contributed by atoms with E-state index in [2.05, 4.69) is 15.7 Å². The van der Waals surface area contributed by atoms with Crippen molar-refractivity contribution in [3.63, 3.8) is 0 Å². The lowest BCUT2D eigenvalue weighted by Crippen LogP contribution is -2.44. The highest BCUT2D eigenvalue weighted by atomic mass is 35.5. The number of rotatable bonds is 3. The zero-order valence-electron chi connectivity index (χ0n) is 13.8. The van der Waals surface area contributed by atoms with E-state index in [1.807, 2.05) is 0 Å². The predicted molar refractivity (Wildman–Crippen MR) is 105 cm³/mol. The first-order chi connectivity index (χ1) is 13.0. The number of anilines is 1. The number of carbonyl (C=O) groups is 2. The van der Waals surface area contributed by atoms with Gasteiger partial charge in [0.1, 0.15) is 5.25 Å². The minimum absolute atomic E-state index is 0.0537. The van der Waals surface area contributed by atoms with E-state index >= 15 is 0 Å². The Morgan fingerprint density at radius 3 is 2.70 bits per heavy atom. The average molecular weight is 401 g/mol.